The molecule has 5 unspecified atom stereocenters. The zero-order valence-electron chi connectivity index (χ0n) is 69.4. The van der Waals surface area contributed by atoms with Crippen molar-refractivity contribution in [1.29, 1.82) is 0 Å². The highest BCUT2D eigenvalue weighted by Crippen LogP contribution is 2.46. The molecular weight excluding hydrogens is 1560 g/mol. The number of hydrogen-bond acceptors (Lipinski definition) is 12. The van der Waals surface area contributed by atoms with Crippen LogP contribution in [0.2, 0.25) is 0 Å². The van der Waals surface area contributed by atoms with E-state index in [1.165, 1.54) is 77.8 Å². The lowest BCUT2D eigenvalue weighted by molar-refractivity contribution is -0.160. The summed E-state index contributed by atoms with van der Waals surface area (Å²) in [4.78, 5) is 74.4. The monoisotopic (exact) mass is 1650 g/mol. The number of benzene rings is 17. The summed E-state index contributed by atoms with van der Waals surface area (Å²) in [5.74, 6) is -2.26. The van der Waals surface area contributed by atoms with Gasteiger partial charge in [0.25, 0.3) is 0 Å². The number of carbonyl (C=O) groups excluding carboxylic acids is 6. The lowest BCUT2D eigenvalue weighted by atomic mass is 9.99. The van der Waals surface area contributed by atoms with Crippen LogP contribution in [0.4, 0.5) is 0 Å². The van der Waals surface area contributed by atoms with Crippen LogP contribution in [0, 0.1) is 0 Å². The smallest absolute Gasteiger partial charge is 0.344 e. The quantitative estimate of drug-likeness (QED) is 0.0513. The second-order valence-electron chi connectivity index (χ2n) is 32.0. The van der Waals surface area contributed by atoms with Gasteiger partial charge in [0.05, 0.1) is 22.3 Å². The van der Waals surface area contributed by atoms with Crippen LogP contribution >= 0.6 is 0 Å². The molecule has 0 aromatic heterocycles. The Hall–Kier alpha value is -15.7. The summed E-state index contributed by atoms with van der Waals surface area (Å²) in [5, 5.41) is 17.9. The highest BCUT2D eigenvalue weighted by molar-refractivity contribution is 6.09. The number of hydrogen-bond donors (Lipinski definition) is 0. The molecule has 0 saturated carbocycles. The van der Waals surface area contributed by atoms with Crippen LogP contribution in [0.15, 0.2) is 354 Å². The molecule has 17 aromatic carbocycles. The normalized spacial score (nSPS) is 15.3. The maximum Gasteiger partial charge on any atom is 0.344 e. The van der Waals surface area contributed by atoms with Crippen LogP contribution in [-0.2, 0) is 70.1 Å². The van der Waals surface area contributed by atoms with Crippen molar-refractivity contribution in [2.75, 3.05) is 6.61 Å². The van der Waals surface area contributed by atoms with Gasteiger partial charge in [0.2, 0.25) is 0 Å². The van der Waals surface area contributed by atoms with Crippen LogP contribution in [-0.4, -0.2) is 42.4 Å². The Labute approximate surface area is 729 Å². The topological polar surface area (TPSA) is 158 Å². The molecule has 126 heavy (non-hydrogen) atoms. The van der Waals surface area contributed by atoms with Gasteiger partial charge in [-0.05, 0) is 186 Å². The minimum Gasteiger partial charge on any atom is -0.455 e. The average Bonchev–Trinajstić information content (AvgIpc) is 1.62. The van der Waals surface area contributed by atoms with E-state index in [1.54, 1.807) is 18.2 Å². The third-order valence-electron chi connectivity index (χ3n) is 24.3. The summed E-state index contributed by atoms with van der Waals surface area (Å²) < 4.78 is 33.9. The highest BCUT2D eigenvalue weighted by atomic mass is 16.6. The first-order valence-electron chi connectivity index (χ1n) is 42.1. The first-order valence-corrected chi connectivity index (χ1v) is 42.1. The van der Waals surface area contributed by atoms with E-state index in [2.05, 4.69) is 160 Å². The molecule has 22 rings (SSSR count). The molecule has 5 aliphatic rings. The van der Waals surface area contributed by atoms with Gasteiger partial charge in [-0.2, -0.15) is 0 Å². The molecule has 0 amide bonds. The first kappa shape index (κ1) is 81.4. The molecule has 5 aliphatic carbocycles. The van der Waals surface area contributed by atoms with Crippen LogP contribution in [0.5, 0.6) is 0 Å². The summed E-state index contributed by atoms with van der Waals surface area (Å²) in [5.41, 5.74) is 18.2. The maximum atomic E-state index is 13.0. The van der Waals surface area contributed by atoms with Crippen molar-refractivity contribution < 1.29 is 57.2 Å². The largest absolute Gasteiger partial charge is 0.455 e. The van der Waals surface area contributed by atoms with Gasteiger partial charge in [0.15, 0.2) is 6.61 Å². The van der Waals surface area contributed by atoms with Crippen molar-refractivity contribution in [2.45, 2.75) is 69.5 Å². The SMILES string of the molecule is C=C(C)C(=O)OCC(=O)OC1Cc2cccc3cccc1c23.C=Cc1ccc(C(=O)OC2Cc3cccc4cccc2c34)c2ccccc12.C=Cc1ccc(C(=O)OC2Cc3cccc4cccc2c34)cc1.C=Cc1ccc2cc(C(=O)OC3Cc4cccc5cccc3c45)ccc2c1.C=Cc1cccc2c(C(=O)OC3Cc4cccc5cccc3c45)cccc12. The number of carbonyl (C=O) groups is 6. The second-order valence-corrected chi connectivity index (χ2v) is 32.0. The standard InChI is InChI=1S/3C25H18O2.C21H16O2.C18H16O4/c1-2-16-7-4-12-20-19(16)11-6-13-21(20)25(26)27-23-15-18-10-3-8-17-9-5-14-22(23)24(17)18;1-2-16-9-10-19-14-21(12-11-18(19)13-16)25(26)27-23-15-20-7-3-5-17-6-4-8-22(23)24(17)20;1-2-16-13-14-21(20-11-4-3-10-19(16)20)25(26)27-23-15-18-9-5-7-17-8-6-12-22(23)24(17)18;1-2-14-9-11-16(12-10-14)21(22)23-19-13-17-7-3-5-15-6-4-8-18(19)20(15)17;1-11(2)18(20)21-10-16(19)22-15-9-13-7-3-5-12-6-4-8-14(15)17(12)13/h3*2-14,23H,1,15H2;2-12,19H,1,13H2;3-8,15H,1,9-10H2,2H3. The third kappa shape index (κ3) is 16.2. The fraction of sp³-hybridized carbons (Fsp3) is 0.105. The minimum absolute atomic E-state index is 0.206. The van der Waals surface area contributed by atoms with Crippen LogP contribution < -0.4 is 0 Å². The predicted octanol–water partition coefficient (Wildman–Crippen LogP) is 26.3. The Morgan fingerprint density at radius 2 is 0.619 bits per heavy atom. The summed E-state index contributed by atoms with van der Waals surface area (Å²) >= 11 is 0. The van der Waals surface area contributed by atoms with Crippen molar-refractivity contribution in [3.05, 3.63) is 454 Å². The van der Waals surface area contributed by atoms with E-state index < -0.39 is 18.5 Å². The van der Waals surface area contributed by atoms with Gasteiger partial charge in [-0.1, -0.05) is 330 Å². The Morgan fingerprint density at radius 1 is 0.294 bits per heavy atom. The lowest BCUT2D eigenvalue weighted by Crippen LogP contribution is -2.19. The minimum atomic E-state index is -0.589. The van der Waals surface area contributed by atoms with Gasteiger partial charge in [-0.3, -0.25) is 0 Å². The Morgan fingerprint density at radius 3 is 1.04 bits per heavy atom. The molecule has 0 bridgehead atoms. The molecule has 5 atom stereocenters. The van der Waals surface area contributed by atoms with E-state index in [0.29, 0.717) is 28.7 Å². The Kier molecular flexibility index (Phi) is 22.9. The summed E-state index contributed by atoms with van der Waals surface area (Å²) in [6, 6.07) is 104. The zero-order valence-corrected chi connectivity index (χ0v) is 69.4. The van der Waals surface area contributed by atoms with Crippen LogP contribution in [0.1, 0.15) is 157 Å². The summed E-state index contributed by atoms with van der Waals surface area (Å²) in [6.07, 6.45) is 9.55. The van der Waals surface area contributed by atoms with E-state index in [4.69, 9.17) is 28.4 Å². The van der Waals surface area contributed by atoms with Crippen molar-refractivity contribution >= 4 is 146 Å². The van der Waals surface area contributed by atoms with Crippen LogP contribution in [0.25, 0.3) is 110 Å². The molecule has 0 N–H and O–H groups in total. The van der Waals surface area contributed by atoms with E-state index in [9.17, 15) is 28.8 Å². The van der Waals surface area contributed by atoms with Gasteiger partial charge in [-0.15, -0.1) is 0 Å². The van der Waals surface area contributed by atoms with E-state index >= 15 is 0 Å². The van der Waals surface area contributed by atoms with Gasteiger partial charge in [0.1, 0.15) is 30.5 Å². The number of esters is 6. The molecule has 0 spiro atoms. The molecule has 0 aliphatic heterocycles. The number of fused-ring (bicyclic) bond motifs is 3. The predicted molar refractivity (Wildman–Crippen MR) is 504 cm³/mol. The molecule has 0 fully saturated rings. The molecule has 614 valence electrons. The second kappa shape index (κ2) is 35.4. The van der Waals surface area contributed by atoms with Crippen molar-refractivity contribution in [2.24, 2.45) is 0 Å². The molecule has 12 nitrogen and oxygen atoms in total. The van der Waals surface area contributed by atoms with Crippen molar-refractivity contribution in [3.8, 4) is 0 Å². The average molecular weight is 1650 g/mol. The maximum absolute atomic E-state index is 13.0. The molecule has 12 heteroatoms. The van der Waals surface area contributed by atoms with Gasteiger partial charge < -0.3 is 28.4 Å². The lowest BCUT2D eigenvalue weighted by Gasteiger charge is -2.15. The fourth-order valence-electron chi connectivity index (χ4n) is 18.4. The van der Waals surface area contributed by atoms with Crippen molar-refractivity contribution in [3.63, 3.8) is 0 Å². The molecular formula is C114H86O12. The van der Waals surface area contributed by atoms with E-state index in [-0.39, 0.29) is 60.0 Å². The highest BCUT2D eigenvalue weighted by Gasteiger charge is 2.34. The Bertz CT molecular complexity index is 7180. The Balaban J connectivity index is 0.000000107. The fourth-order valence-corrected chi connectivity index (χ4v) is 18.4. The molecule has 0 heterocycles. The van der Waals surface area contributed by atoms with Crippen molar-refractivity contribution in [1.82, 2.24) is 0 Å². The molecule has 0 saturated heterocycles. The number of ether oxygens (including phenoxy) is 6. The molecule has 0 radical (unpaired) electrons. The van der Waals surface area contributed by atoms with Gasteiger partial charge in [0, 0.05) is 65.5 Å². The first-order chi connectivity index (χ1) is 61.6. The summed E-state index contributed by atoms with van der Waals surface area (Å²) in [7, 11) is 0. The summed E-state index contributed by atoms with van der Waals surface area (Å²) in [6.45, 7) is 19.8. The van der Waals surface area contributed by atoms with Gasteiger partial charge >= 0.3 is 35.8 Å². The van der Waals surface area contributed by atoms with E-state index in [1.807, 2.05) is 194 Å². The van der Waals surface area contributed by atoms with Gasteiger partial charge in [-0.25, -0.2) is 28.8 Å². The molecule has 17 aromatic rings. The van der Waals surface area contributed by atoms with Crippen LogP contribution in [0.3, 0.4) is 0 Å². The zero-order chi connectivity index (χ0) is 86.6. The third-order valence-corrected chi connectivity index (χ3v) is 24.3. The number of rotatable bonds is 16. The van der Waals surface area contributed by atoms with E-state index in [0.717, 1.165) is 119 Å².